The molecule has 2 saturated carbocycles. The van der Waals surface area contributed by atoms with Crippen LogP contribution >= 0.6 is 0 Å². The lowest BCUT2D eigenvalue weighted by Gasteiger charge is -2.38. The molecule has 18 heavy (non-hydrogen) atoms. The van der Waals surface area contributed by atoms with Crippen LogP contribution in [0.4, 0.5) is 0 Å². The molecule has 0 aromatic carbocycles. The van der Waals surface area contributed by atoms with Crippen molar-refractivity contribution in [1.82, 2.24) is 15.5 Å². The Morgan fingerprint density at radius 2 is 1.94 bits per heavy atom. The van der Waals surface area contributed by atoms with Crippen LogP contribution in [0.2, 0.25) is 0 Å². The van der Waals surface area contributed by atoms with Gasteiger partial charge in [0.25, 0.3) is 0 Å². The first-order chi connectivity index (χ1) is 8.82. The molecule has 1 heterocycles. The van der Waals surface area contributed by atoms with Crippen molar-refractivity contribution >= 4 is 0 Å². The molecule has 2 N–H and O–H groups in total. The second-order valence-electron chi connectivity index (χ2n) is 5.76. The number of aliphatic hydroxyl groups is 1. The number of nitrogens with one attached hydrogen (secondary N) is 1. The molecule has 0 saturated heterocycles. The topological polar surface area (TPSA) is 58.0 Å². The Labute approximate surface area is 108 Å². The minimum Gasteiger partial charge on any atom is -0.395 e. The van der Waals surface area contributed by atoms with Gasteiger partial charge in [-0.15, -0.1) is 0 Å². The molecule has 0 radical (unpaired) electrons. The number of hydrogen-bond acceptors (Lipinski definition) is 4. The van der Waals surface area contributed by atoms with Gasteiger partial charge in [0.05, 0.1) is 12.3 Å². The molecular formula is C14H21N3O. The average Bonchev–Trinajstić information content (AvgIpc) is 3.25. The number of aromatic nitrogens is 2. The summed E-state index contributed by atoms with van der Waals surface area (Å²) in [7, 11) is 0. The minimum atomic E-state index is -0.157. The third-order valence-corrected chi connectivity index (χ3v) is 4.41. The van der Waals surface area contributed by atoms with E-state index < -0.39 is 0 Å². The summed E-state index contributed by atoms with van der Waals surface area (Å²) >= 11 is 0. The summed E-state index contributed by atoms with van der Waals surface area (Å²) in [5, 5.41) is 21.6. The summed E-state index contributed by atoms with van der Waals surface area (Å²) in [5.41, 5.74) is 0.799. The van der Waals surface area contributed by atoms with Crippen molar-refractivity contribution < 1.29 is 5.11 Å². The van der Waals surface area contributed by atoms with Gasteiger partial charge in [0.1, 0.15) is 0 Å². The van der Waals surface area contributed by atoms with Crippen LogP contribution in [-0.2, 0) is 5.41 Å². The van der Waals surface area contributed by atoms with Crippen molar-refractivity contribution in [3.05, 3.63) is 24.0 Å². The molecule has 0 spiro atoms. The molecule has 98 valence electrons. The highest BCUT2D eigenvalue weighted by Gasteiger charge is 2.38. The molecule has 0 aliphatic heterocycles. The van der Waals surface area contributed by atoms with E-state index in [9.17, 15) is 5.11 Å². The summed E-state index contributed by atoms with van der Waals surface area (Å²) in [6.45, 7) is 0.182. The zero-order chi connectivity index (χ0) is 12.4. The van der Waals surface area contributed by atoms with Crippen LogP contribution in [0.15, 0.2) is 18.3 Å². The summed E-state index contributed by atoms with van der Waals surface area (Å²) in [4.78, 5) is 0. The van der Waals surface area contributed by atoms with Crippen molar-refractivity contribution in [2.75, 3.05) is 6.61 Å². The summed E-state index contributed by atoms with van der Waals surface area (Å²) in [6.07, 6.45) is 8.65. The maximum atomic E-state index is 9.79. The quantitative estimate of drug-likeness (QED) is 0.844. The van der Waals surface area contributed by atoms with Gasteiger partial charge >= 0.3 is 0 Å². The zero-order valence-corrected chi connectivity index (χ0v) is 10.7. The Kier molecular flexibility index (Phi) is 3.31. The molecule has 0 amide bonds. The van der Waals surface area contributed by atoms with Gasteiger partial charge in [-0.2, -0.15) is 10.2 Å². The molecule has 1 aromatic heterocycles. The van der Waals surface area contributed by atoms with E-state index in [1.807, 2.05) is 12.1 Å². The highest BCUT2D eigenvalue weighted by molar-refractivity contribution is 5.17. The monoisotopic (exact) mass is 247 g/mol. The van der Waals surface area contributed by atoms with E-state index in [0.29, 0.717) is 6.04 Å². The van der Waals surface area contributed by atoms with Gasteiger partial charge in [0, 0.05) is 23.7 Å². The first-order valence-electron chi connectivity index (χ1n) is 6.97. The Morgan fingerprint density at radius 3 is 2.50 bits per heavy atom. The van der Waals surface area contributed by atoms with Crippen molar-refractivity contribution in [3.63, 3.8) is 0 Å². The molecule has 4 nitrogen and oxygen atoms in total. The van der Waals surface area contributed by atoms with Crippen LogP contribution in [0.25, 0.3) is 0 Å². The number of rotatable bonds is 4. The third-order valence-electron chi connectivity index (χ3n) is 4.41. The fraction of sp³-hybridized carbons (Fsp3) is 0.714. The lowest BCUT2D eigenvalue weighted by atomic mass is 9.71. The minimum absolute atomic E-state index is 0.157. The highest BCUT2D eigenvalue weighted by atomic mass is 16.3. The SMILES string of the molecule is OCC1(c2cccnn2)CCC(NC2CC2)CC1. The van der Waals surface area contributed by atoms with E-state index in [2.05, 4.69) is 15.5 Å². The molecule has 0 unspecified atom stereocenters. The van der Waals surface area contributed by atoms with E-state index >= 15 is 0 Å². The zero-order valence-electron chi connectivity index (χ0n) is 10.7. The lowest BCUT2D eigenvalue weighted by molar-refractivity contribution is 0.133. The smallest absolute Gasteiger partial charge is 0.0715 e. The van der Waals surface area contributed by atoms with Crippen LogP contribution in [0.1, 0.15) is 44.2 Å². The van der Waals surface area contributed by atoms with Gasteiger partial charge < -0.3 is 10.4 Å². The second kappa shape index (κ2) is 4.94. The first kappa shape index (κ1) is 12.1. The van der Waals surface area contributed by atoms with Gasteiger partial charge in [0.2, 0.25) is 0 Å². The van der Waals surface area contributed by atoms with Crippen molar-refractivity contribution in [1.29, 1.82) is 0 Å². The van der Waals surface area contributed by atoms with Crippen molar-refractivity contribution in [2.45, 2.75) is 56.0 Å². The maximum absolute atomic E-state index is 9.79. The summed E-state index contributed by atoms with van der Waals surface area (Å²) < 4.78 is 0. The number of nitrogens with zero attached hydrogens (tertiary/aromatic N) is 2. The Bertz CT molecular complexity index is 383. The van der Waals surface area contributed by atoms with Crippen molar-refractivity contribution in [3.8, 4) is 0 Å². The largest absolute Gasteiger partial charge is 0.395 e. The molecule has 3 rings (SSSR count). The predicted octanol–water partition coefficient (Wildman–Crippen LogP) is 1.40. The maximum Gasteiger partial charge on any atom is 0.0715 e. The van der Waals surface area contributed by atoms with Gasteiger partial charge in [-0.05, 0) is 50.7 Å². The van der Waals surface area contributed by atoms with E-state index in [1.54, 1.807) is 6.20 Å². The van der Waals surface area contributed by atoms with E-state index in [-0.39, 0.29) is 12.0 Å². The lowest BCUT2D eigenvalue weighted by Crippen LogP contribution is -2.43. The average molecular weight is 247 g/mol. The van der Waals surface area contributed by atoms with Crippen LogP contribution < -0.4 is 5.32 Å². The van der Waals surface area contributed by atoms with Gasteiger partial charge in [-0.1, -0.05) is 0 Å². The van der Waals surface area contributed by atoms with E-state index in [1.165, 1.54) is 12.8 Å². The van der Waals surface area contributed by atoms with Gasteiger partial charge in [-0.3, -0.25) is 0 Å². The molecular weight excluding hydrogens is 226 g/mol. The normalized spacial score (nSPS) is 32.4. The van der Waals surface area contributed by atoms with Crippen LogP contribution in [0.3, 0.4) is 0 Å². The van der Waals surface area contributed by atoms with Crippen LogP contribution in [0.5, 0.6) is 0 Å². The fourth-order valence-electron chi connectivity index (χ4n) is 3.00. The van der Waals surface area contributed by atoms with Gasteiger partial charge in [-0.25, -0.2) is 0 Å². The Morgan fingerprint density at radius 1 is 1.22 bits per heavy atom. The standard InChI is InChI=1S/C14H21N3O/c18-10-14(13-2-1-9-15-17-13)7-5-12(6-8-14)16-11-3-4-11/h1-2,9,11-12,16,18H,3-8,10H2. The van der Waals surface area contributed by atoms with Crippen molar-refractivity contribution in [2.24, 2.45) is 0 Å². The molecule has 2 aliphatic rings. The summed E-state index contributed by atoms with van der Waals surface area (Å²) in [6, 6.07) is 5.31. The van der Waals surface area contributed by atoms with Gasteiger partial charge in [0.15, 0.2) is 0 Å². The Balaban J connectivity index is 1.67. The molecule has 0 bridgehead atoms. The molecule has 0 atom stereocenters. The Hall–Kier alpha value is -1.00. The number of hydrogen-bond donors (Lipinski definition) is 2. The third kappa shape index (κ3) is 2.40. The molecule has 4 heteroatoms. The predicted molar refractivity (Wildman–Crippen MR) is 69.2 cm³/mol. The highest BCUT2D eigenvalue weighted by Crippen LogP contribution is 2.38. The van der Waals surface area contributed by atoms with E-state index in [4.69, 9.17) is 0 Å². The second-order valence-corrected chi connectivity index (χ2v) is 5.76. The molecule has 2 aliphatic carbocycles. The van der Waals surface area contributed by atoms with Crippen LogP contribution in [0, 0.1) is 0 Å². The molecule has 2 fully saturated rings. The van der Waals surface area contributed by atoms with E-state index in [0.717, 1.165) is 37.4 Å². The van der Waals surface area contributed by atoms with Crippen LogP contribution in [-0.4, -0.2) is 34.0 Å². The first-order valence-corrected chi connectivity index (χ1v) is 6.97. The fourth-order valence-corrected chi connectivity index (χ4v) is 3.00. The number of aliphatic hydroxyl groups excluding tert-OH is 1. The molecule has 1 aromatic rings. The summed E-state index contributed by atoms with van der Waals surface area (Å²) in [5.74, 6) is 0.